The molecule has 33 heavy (non-hydrogen) atoms. The Bertz CT molecular complexity index is 966. The highest BCUT2D eigenvalue weighted by molar-refractivity contribution is 5.67. The minimum Gasteiger partial charge on any atom is -0.497 e. The Hall–Kier alpha value is -2.83. The van der Waals surface area contributed by atoms with Gasteiger partial charge in [-0.1, -0.05) is 48.5 Å². The molecule has 3 atom stereocenters. The van der Waals surface area contributed by atoms with Gasteiger partial charge in [0.15, 0.2) is 0 Å². The number of benzene rings is 2. The van der Waals surface area contributed by atoms with E-state index in [4.69, 9.17) is 9.47 Å². The predicted octanol–water partition coefficient (Wildman–Crippen LogP) is 4.03. The monoisotopic (exact) mass is 450 g/mol. The molecular weight excluding hydrogens is 416 g/mol. The van der Waals surface area contributed by atoms with Crippen LogP contribution in [0.15, 0.2) is 67.3 Å². The first-order valence-electron chi connectivity index (χ1n) is 11.7. The summed E-state index contributed by atoms with van der Waals surface area (Å²) in [4.78, 5) is 14.8. The lowest BCUT2D eigenvalue weighted by Gasteiger charge is -2.58. The molecule has 0 unspecified atom stereocenters. The van der Waals surface area contributed by atoms with Crippen molar-refractivity contribution in [2.75, 3.05) is 26.7 Å². The minimum atomic E-state index is -0.896. The Labute approximate surface area is 196 Å². The molecule has 6 nitrogen and oxygen atoms in total. The average molecular weight is 451 g/mol. The molecule has 6 heteroatoms. The quantitative estimate of drug-likeness (QED) is 0.623. The van der Waals surface area contributed by atoms with E-state index < -0.39 is 17.1 Å². The molecule has 0 bridgehead atoms. The van der Waals surface area contributed by atoms with Crippen molar-refractivity contribution in [3.63, 3.8) is 0 Å². The molecule has 0 radical (unpaired) electrons. The largest absolute Gasteiger partial charge is 0.497 e. The summed E-state index contributed by atoms with van der Waals surface area (Å²) in [6.45, 7) is 6.30. The number of fused-ring (bicyclic) bond motifs is 1. The maximum atomic E-state index is 12.6. The third-order valence-electron chi connectivity index (χ3n) is 7.28. The van der Waals surface area contributed by atoms with E-state index in [0.29, 0.717) is 25.8 Å². The summed E-state index contributed by atoms with van der Waals surface area (Å²) in [6.07, 6.45) is 4.21. The molecule has 4 rings (SSSR count). The van der Waals surface area contributed by atoms with Crippen LogP contribution >= 0.6 is 0 Å². The highest BCUT2D eigenvalue weighted by Crippen LogP contribution is 2.52. The van der Waals surface area contributed by atoms with Crippen LogP contribution < -0.4 is 10.1 Å². The van der Waals surface area contributed by atoms with Crippen molar-refractivity contribution >= 4 is 6.09 Å². The maximum absolute atomic E-state index is 12.6. The molecule has 2 aromatic carbocycles. The first-order chi connectivity index (χ1) is 16.0. The topological polar surface area (TPSA) is 71.0 Å². The summed E-state index contributed by atoms with van der Waals surface area (Å²) in [5, 5.41) is 15.1. The van der Waals surface area contributed by atoms with Gasteiger partial charge in [-0.15, -0.1) is 6.58 Å². The zero-order chi connectivity index (χ0) is 23.3. The Kier molecular flexibility index (Phi) is 7.05. The van der Waals surface area contributed by atoms with Gasteiger partial charge in [0.05, 0.1) is 12.7 Å². The first-order valence-corrected chi connectivity index (χ1v) is 11.7. The predicted molar refractivity (Wildman–Crippen MR) is 128 cm³/mol. The van der Waals surface area contributed by atoms with E-state index >= 15 is 0 Å². The Balaban J connectivity index is 1.53. The van der Waals surface area contributed by atoms with Crippen LogP contribution in [-0.4, -0.2) is 54.5 Å². The number of rotatable bonds is 7. The third-order valence-corrected chi connectivity index (χ3v) is 7.28. The van der Waals surface area contributed by atoms with Crippen LogP contribution in [0.25, 0.3) is 0 Å². The van der Waals surface area contributed by atoms with Gasteiger partial charge in [0.2, 0.25) is 0 Å². The van der Waals surface area contributed by atoms with Crippen LogP contribution in [0, 0.1) is 0 Å². The van der Waals surface area contributed by atoms with E-state index in [1.807, 2.05) is 54.6 Å². The van der Waals surface area contributed by atoms with Crippen molar-refractivity contribution < 1.29 is 19.4 Å². The van der Waals surface area contributed by atoms with Crippen molar-refractivity contribution in [3.05, 3.63) is 78.4 Å². The van der Waals surface area contributed by atoms with Gasteiger partial charge in [-0.05, 0) is 55.5 Å². The van der Waals surface area contributed by atoms with E-state index in [2.05, 4.69) is 22.9 Å². The van der Waals surface area contributed by atoms with Crippen molar-refractivity contribution in [2.24, 2.45) is 0 Å². The van der Waals surface area contributed by atoms with E-state index in [1.54, 1.807) is 7.11 Å². The van der Waals surface area contributed by atoms with Gasteiger partial charge in [-0.3, -0.25) is 4.90 Å². The fourth-order valence-corrected chi connectivity index (χ4v) is 5.57. The number of nitrogens with zero attached hydrogens (tertiary/aromatic N) is 1. The van der Waals surface area contributed by atoms with Crippen LogP contribution in [0.4, 0.5) is 4.79 Å². The molecule has 0 aromatic heterocycles. The lowest BCUT2D eigenvalue weighted by molar-refractivity contribution is -0.124. The smallest absolute Gasteiger partial charge is 0.407 e. The SMILES string of the molecule is C=CCN1CC[C@@]2(c3cccc(OC)c3)C[C@H](NC(=O)OCc3ccccc3)CC[C@]2(O)C1. The van der Waals surface area contributed by atoms with E-state index in [0.717, 1.165) is 36.4 Å². The summed E-state index contributed by atoms with van der Waals surface area (Å²) in [5.41, 5.74) is 0.640. The molecule has 2 aromatic rings. The number of methoxy groups -OCH3 is 1. The van der Waals surface area contributed by atoms with Gasteiger partial charge >= 0.3 is 6.09 Å². The van der Waals surface area contributed by atoms with Crippen LogP contribution in [0.5, 0.6) is 5.75 Å². The molecule has 1 saturated heterocycles. The average Bonchev–Trinajstić information content (AvgIpc) is 2.84. The van der Waals surface area contributed by atoms with Crippen LogP contribution in [-0.2, 0) is 16.8 Å². The zero-order valence-electron chi connectivity index (χ0n) is 19.3. The van der Waals surface area contributed by atoms with Crippen molar-refractivity contribution in [2.45, 2.75) is 49.3 Å². The molecule has 1 aliphatic carbocycles. The van der Waals surface area contributed by atoms with Gasteiger partial charge in [0, 0.05) is 24.5 Å². The molecule has 1 aliphatic heterocycles. The van der Waals surface area contributed by atoms with Gasteiger partial charge < -0.3 is 19.9 Å². The number of amides is 1. The van der Waals surface area contributed by atoms with Crippen molar-refractivity contribution in [3.8, 4) is 5.75 Å². The molecule has 1 amide bonds. The minimum absolute atomic E-state index is 0.0781. The number of ether oxygens (including phenoxy) is 2. The lowest BCUT2D eigenvalue weighted by Crippen LogP contribution is -2.67. The third kappa shape index (κ3) is 4.92. The molecule has 2 fully saturated rings. The van der Waals surface area contributed by atoms with Gasteiger partial charge in [0.1, 0.15) is 12.4 Å². The molecule has 1 saturated carbocycles. The standard InChI is InChI=1S/C27H34N2O4/c1-3-15-29-16-14-26(22-10-7-11-24(17-22)32-2)18-23(12-13-27(26,31)20-29)28-25(30)33-19-21-8-5-4-6-9-21/h3-11,17,23,31H,1,12-16,18-20H2,2H3,(H,28,30)/t23-,26+,27+/m1/s1. The van der Waals surface area contributed by atoms with E-state index in [1.165, 1.54) is 0 Å². The van der Waals surface area contributed by atoms with Crippen molar-refractivity contribution in [1.29, 1.82) is 0 Å². The van der Waals surface area contributed by atoms with E-state index in [9.17, 15) is 9.90 Å². The van der Waals surface area contributed by atoms with Crippen LogP contribution in [0.2, 0.25) is 0 Å². The number of carbonyl (C=O) groups is 1. The second-order valence-corrected chi connectivity index (χ2v) is 9.27. The van der Waals surface area contributed by atoms with Gasteiger partial charge in [-0.2, -0.15) is 0 Å². The molecule has 2 aliphatic rings. The molecule has 1 heterocycles. The van der Waals surface area contributed by atoms with Crippen LogP contribution in [0.1, 0.15) is 36.8 Å². The van der Waals surface area contributed by atoms with Crippen LogP contribution in [0.3, 0.4) is 0 Å². The van der Waals surface area contributed by atoms with E-state index in [-0.39, 0.29) is 12.6 Å². The van der Waals surface area contributed by atoms with Crippen molar-refractivity contribution in [1.82, 2.24) is 10.2 Å². The van der Waals surface area contributed by atoms with Gasteiger partial charge in [-0.25, -0.2) is 4.79 Å². The summed E-state index contributed by atoms with van der Waals surface area (Å²) in [7, 11) is 1.66. The normalized spacial score (nSPS) is 27.3. The fourth-order valence-electron chi connectivity index (χ4n) is 5.57. The molecular formula is C27H34N2O4. The number of hydrogen-bond donors (Lipinski definition) is 2. The molecule has 0 spiro atoms. The summed E-state index contributed by atoms with van der Waals surface area (Å²) in [6, 6.07) is 17.6. The fraction of sp³-hybridized carbons (Fsp3) is 0.444. The first kappa shape index (κ1) is 23.3. The Morgan fingerprint density at radius 2 is 2.06 bits per heavy atom. The second-order valence-electron chi connectivity index (χ2n) is 9.27. The molecule has 2 N–H and O–H groups in total. The number of carbonyl (C=O) groups excluding carboxylic acids is 1. The Morgan fingerprint density at radius 1 is 1.24 bits per heavy atom. The number of aliphatic hydroxyl groups is 1. The number of β-amino-alcohol motifs (C(OH)–C–C–N with tert-alkyl or cyclic N) is 1. The second kappa shape index (κ2) is 9.98. The number of alkyl carbamates (subject to hydrolysis) is 1. The van der Waals surface area contributed by atoms with Gasteiger partial charge in [0.25, 0.3) is 0 Å². The highest BCUT2D eigenvalue weighted by atomic mass is 16.5. The lowest BCUT2D eigenvalue weighted by atomic mass is 9.55. The summed E-state index contributed by atoms with van der Waals surface area (Å²) >= 11 is 0. The maximum Gasteiger partial charge on any atom is 0.407 e. The highest BCUT2D eigenvalue weighted by Gasteiger charge is 2.57. The summed E-state index contributed by atoms with van der Waals surface area (Å²) < 4.78 is 10.9. The number of piperidine rings is 1. The zero-order valence-corrected chi connectivity index (χ0v) is 19.3. The Morgan fingerprint density at radius 3 is 2.82 bits per heavy atom. The molecule has 176 valence electrons. The number of hydrogen-bond acceptors (Lipinski definition) is 5. The number of likely N-dealkylation sites (tertiary alicyclic amines) is 1. The summed E-state index contributed by atoms with van der Waals surface area (Å²) in [5.74, 6) is 0.773. The number of nitrogens with one attached hydrogen (secondary N) is 1.